The second-order valence-corrected chi connectivity index (χ2v) is 2.64. The van der Waals surface area contributed by atoms with Crippen LogP contribution in [-0.4, -0.2) is 12.3 Å². The SMILES string of the molecule is C/C=C1/CCN=C1CCC. The Morgan fingerprint density at radius 3 is 3.00 bits per heavy atom. The lowest BCUT2D eigenvalue weighted by atomic mass is 10.1. The molecule has 1 rings (SSSR count). The second-order valence-electron chi connectivity index (χ2n) is 2.64. The Morgan fingerprint density at radius 2 is 2.40 bits per heavy atom. The zero-order valence-electron chi connectivity index (χ0n) is 6.85. The highest BCUT2D eigenvalue weighted by atomic mass is 14.8. The van der Waals surface area contributed by atoms with Gasteiger partial charge in [-0.25, -0.2) is 0 Å². The predicted octanol–water partition coefficient (Wildman–Crippen LogP) is 2.58. The Bertz CT molecular complexity index is 166. The Kier molecular flexibility index (Phi) is 2.67. The zero-order valence-corrected chi connectivity index (χ0v) is 6.85. The first-order chi connectivity index (χ1) is 4.88. The molecule has 1 nitrogen and oxygen atoms in total. The minimum absolute atomic E-state index is 1.02. The second kappa shape index (κ2) is 3.55. The molecule has 0 saturated carbocycles. The lowest BCUT2D eigenvalue weighted by Gasteiger charge is -1.98. The quantitative estimate of drug-likeness (QED) is 0.554. The van der Waals surface area contributed by atoms with Gasteiger partial charge in [0, 0.05) is 12.3 Å². The van der Waals surface area contributed by atoms with E-state index >= 15 is 0 Å². The molecule has 1 aliphatic heterocycles. The maximum absolute atomic E-state index is 4.43. The van der Waals surface area contributed by atoms with E-state index < -0.39 is 0 Å². The summed E-state index contributed by atoms with van der Waals surface area (Å²) in [5.41, 5.74) is 2.83. The fraction of sp³-hybridized carbons (Fsp3) is 0.667. The topological polar surface area (TPSA) is 12.4 Å². The molecule has 1 heteroatoms. The molecule has 56 valence electrons. The molecule has 0 amide bonds. The number of hydrogen-bond acceptors (Lipinski definition) is 1. The Labute approximate surface area is 62.9 Å². The van der Waals surface area contributed by atoms with Crippen LogP contribution in [0.5, 0.6) is 0 Å². The highest BCUT2D eigenvalue weighted by molar-refractivity contribution is 6.01. The lowest BCUT2D eigenvalue weighted by Crippen LogP contribution is -1.95. The summed E-state index contributed by atoms with van der Waals surface area (Å²) < 4.78 is 0. The van der Waals surface area contributed by atoms with E-state index in [9.17, 15) is 0 Å². The van der Waals surface area contributed by atoms with E-state index in [4.69, 9.17) is 0 Å². The molecule has 0 spiro atoms. The summed E-state index contributed by atoms with van der Waals surface area (Å²) in [6, 6.07) is 0. The monoisotopic (exact) mass is 137 g/mol. The number of aliphatic imine (C=N–C) groups is 1. The highest BCUT2D eigenvalue weighted by Gasteiger charge is 2.09. The molecule has 0 aromatic heterocycles. The van der Waals surface area contributed by atoms with E-state index in [0.717, 1.165) is 6.54 Å². The third-order valence-corrected chi connectivity index (χ3v) is 1.89. The predicted molar refractivity (Wildman–Crippen MR) is 45.6 cm³/mol. The lowest BCUT2D eigenvalue weighted by molar-refractivity contribution is 0.992. The van der Waals surface area contributed by atoms with Crippen LogP contribution < -0.4 is 0 Å². The van der Waals surface area contributed by atoms with Crippen molar-refractivity contribution in [3.8, 4) is 0 Å². The van der Waals surface area contributed by atoms with Gasteiger partial charge in [-0.3, -0.25) is 4.99 Å². The minimum Gasteiger partial charge on any atom is -0.289 e. The van der Waals surface area contributed by atoms with Crippen molar-refractivity contribution in [1.29, 1.82) is 0 Å². The number of nitrogens with zero attached hydrogens (tertiary/aromatic N) is 1. The van der Waals surface area contributed by atoms with Crippen molar-refractivity contribution in [2.75, 3.05) is 6.54 Å². The third kappa shape index (κ3) is 1.47. The van der Waals surface area contributed by atoms with Crippen LogP contribution in [0.25, 0.3) is 0 Å². The fourth-order valence-corrected chi connectivity index (χ4v) is 1.34. The maximum Gasteiger partial charge on any atom is 0.0433 e. The Morgan fingerprint density at radius 1 is 1.60 bits per heavy atom. The normalized spacial score (nSPS) is 21.8. The summed E-state index contributed by atoms with van der Waals surface area (Å²) in [6.45, 7) is 5.33. The molecule has 0 saturated heterocycles. The molecule has 0 N–H and O–H groups in total. The number of allylic oxidation sites excluding steroid dienone is 1. The average Bonchev–Trinajstić information content (AvgIpc) is 2.36. The first-order valence-corrected chi connectivity index (χ1v) is 4.07. The van der Waals surface area contributed by atoms with Gasteiger partial charge in [-0.05, 0) is 25.3 Å². The van der Waals surface area contributed by atoms with Crippen molar-refractivity contribution >= 4 is 5.71 Å². The van der Waals surface area contributed by atoms with Crippen LogP contribution in [-0.2, 0) is 0 Å². The molecule has 0 aromatic rings. The maximum atomic E-state index is 4.43. The van der Waals surface area contributed by atoms with Crippen LogP contribution in [0.3, 0.4) is 0 Å². The largest absolute Gasteiger partial charge is 0.289 e. The van der Waals surface area contributed by atoms with E-state index in [2.05, 4.69) is 24.9 Å². The first kappa shape index (κ1) is 7.52. The van der Waals surface area contributed by atoms with E-state index in [1.807, 2.05) is 0 Å². The van der Waals surface area contributed by atoms with Gasteiger partial charge >= 0.3 is 0 Å². The average molecular weight is 137 g/mol. The van der Waals surface area contributed by atoms with Gasteiger partial charge in [0.25, 0.3) is 0 Å². The van der Waals surface area contributed by atoms with Crippen LogP contribution in [0.15, 0.2) is 16.6 Å². The van der Waals surface area contributed by atoms with E-state index in [1.54, 1.807) is 0 Å². The molecule has 0 radical (unpaired) electrons. The first-order valence-electron chi connectivity index (χ1n) is 4.07. The van der Waals surface area contributed by atoms with Crippen molar-refractivity contribution in [3.63, 3.8) is 0 Å². The summed E-state index contributed by atoms with van der Waals surface area (Å²) in [7, 11) is 0. The molecule has 1 aliphatic rings. The van der Waals surface area contributed by atoms with Crippen LogP contribution in [0.2, 0.25) is 0 Å². The molecule has 0 bridgehead atoms. The highest BCUT2D eigenvalue weighted by Crippen LogP contribution is 2.15. The summed E-state index contributed by atoms with van der Waals surface area (Å²) >= 11 is 0. The molecule has 0 aromatic carbocycles. The zero-order chi connectivity index (χ0) is 7.40. The summed E-state index contributed by atoms with van der Waals surface area (Å²) in [4.78, 5) is 4.43. The molecule has 0 fully saturated rings. The van der Waals surface area contributed by atoms with Gasteiger partial charge in [-0.2, -0.15) is 0 Å². The van der Waals surface area contributed by atoms with Crippen LogP contribution >= 0.6 is 0 Å². The van der Waals surface area contributed by atoms with E-state index in [1.165, 1.54) is 30.5 Å². The van der Waals surface area contributed by atoms with Gasteiger partial charge in [0.2, 0.25) is 0 Å². The van der Waals surface area contributed by atoms with Gasteiger partial charge in [0.1, 0.15) is 0 Å². The van der Waals surface area contributed by atoms with Crippen molar-refractivity contribution in [2.24, 2.45) is 4.99 Å². The Balaban J connectivity index is 2.57. The van der Waals surface area contributed by atoms with Gasteiger partial charge in [-0.15, -0.1) is 0 Å². The molecule has 1 heterocycles. The van der Waals surface area contributed by atoms with Crippen LogP contribution in [0, 0.1) is 0 Å². The van der Waals surface area contributed by atoms with Gasteiger partial charge in [0.15, 0.2) is 0 Å². The van der Waals surface area contributed by atoms with Crippen molar-refractivity contribution < 1.29 is 0 Å². The summed E-state index contributed by atoms with van der Waals surface area (Å²) in [5.74, 6) is 0. The molecular weight excluding hydrogens is 122 g/mol. The van der Waals surface area contributed by atoms with Crippen molar-refractivity contribution in [1.82, 2.24) is 0 Å². The summed E-state index contributed by atoms with van der Waals surface area (Å²) in [5, 5.41) is 0. The minimum atomic E-state index is 1.02. The van der Waals surface area contributed by atoms with Crippen LogP contribution in [0.4, 0.5) is 0 Å². The third-order valence-electron chi connectivity index (χ3n) is 1.89. The smallest absolute Gasteiger partial charge is 0.0433 e. The van der Waals surface area contributed by atoms with Crippen LogP contribution in [0.1, 0.15) is 33.1 Å². The molecular formula is C9H15N. The number of rotatable bonds is 2. The van der Waals surface area contributed by atoms with Gasteiger partial charge in [0.05, 0.1) is 0 Å². The van der Waals surface area contributed by atoms with Gasteiger partial charge in [-0.1, -0.05) is 19.4 Å². The van der Waals surface area contributed by atoms with Gasteiger partial charge < -0.3 is 0 Å². The molecule has 10 heavy (non-hydrogen) atoms. The Hall–Kier alpha value is -0.590. The standard InChI is InChI=1S/C9H15N/c1-3-5-9-8(4-2)6-7-10-9/h4H,3,5-7H2,1-2H3/b8-4-. The molecule has 0 atom stereocenters. The number of hydrogen-bond donors (Lipinski definition) is 0. The molecule has 0 unspecified atom stereocenters. The van der Waals surface area contributed by atoms with E-state index in [0.29, 0.717) is 0 Å². The van der Waals surface area contributed by atoms with Crippen molar-refractivity contribution in [3.05, 3.63) is 11.6 Å². The van der Waals surface area contributed by atoms with E-state index in [-0.39, 0.29) is 0 Å². The van der Waals surface area contributed by atoms with Crippen molar-refractivity contribution in [2.45, 2.75) is 33.1 Å². The summed E-state index contributed by atoms with van der Waals surface area (Å²) in [6.07, 6.45) is 5.75. The molecule has 0 aliphatic carbocycles. The fourth-order valence-electron chi connectivity index (χ4n) is 1.34.